The van der Waals surface area contributed by atoms with Crippen molar-refractivity contribution in [2.45, 2.75) is 51.0 Å². The zero-order valence-corrected chi connectivity index (χ0v) is 15.5. The van der Waals surface area contributed by atoms with E-state index < -0.39 is 0 Å². The highest BCUT2D eigenvalue weighted by molar-refractivity contribution is 7.18. The van der Waals surface area contributed by atoms with Crippen molar-refractivity contribution in [3.8, 4) is 0 Å². The summed E-state index contributed by atoms with van der Waals surface area (Å²) in [7, 11) is 0. The maximum absolute atomic E-state index is 12.7. The van der Waals surface area contributed by atoms with Gasteiger partial charge in [0, 0.05) is 23.5 Å². The molecular formula is C20H23N3O2S. The lowest BCUT2D eigenvalue weighted by Gasteiger charge is -2.20. The number of anilines is 1. The van der Waals surface area contributed by atoms with Crippen LogP contribution < -0.4 is 10.6 Å². The molecule has 0 bridgehead atoms. The van der Waals surface area contributed by atoms with Crippen molar-refractivity contribution in [1.29, 1.82) is 0 Å². The first-order chi connectivity index (χ1) is 12.7. The average molecular weight is 369 g/mol. The number of amides is 2. The van der Waals surface area contributed by atoms with Gasteiger partial charge in [-0.05, 0) is 37.1 Å². The van der Waals surface area contributed by atoms with Gasteiger partial charge in [-0.2, -0.15) is 0 Å². The molecule has 26 heavy (non-hydrogen) atoms. The number of aromatic nitrogens is 1. The van der Waals surface area contributed by atoms with Crippen LogP contribution in [-0.2, 0) is 4.79 Å². The van der Waals surface area contributed by atoms with Crippen LogP contribution in [0.25, 0.3) is 11.6 Å². The molecule has 136 valence electrons. The van der Waals surface area contributed by atoms with Crippen LogP contribution in [0.5, 0.6) is 0 Å². The summed E-state index contributed by atoms with van der Waals surface area (Å²) in [6.45, 7) is 0. The topological polar surface area (TPSA) is 74.0 Å². The Morgan fingerprint density at radius 3 is 2.69 bits per heavy atom. The van der Waals surface area contributed by atoms with Crippen LogP contribution in [0.15, 0.2) is 24.4 Å². The number of thiophene rings is 1. The van der Waals surface area contributed by atoms with Gasteiger partial charge in [0.15, 0.2) is 0 Å². The molecule has 2 amide bonds. The van der Waals surface area contributed by atoms with Crippen LogP contribution in [0.1, 0.15) is 65.9 Å². The van der Waals surface area contributed by atoms with E-state index >= 15 is 0 Å². The third-order valence-corrected chi connectivity index (χ3v) is 6.13. The number of rotatable bonds is 3. The summed E-state index contributed by atoms with van der Waals surface area (Å²) in [5.74, 6) is -0.142. The third-order valence-electron chi connectivity index (χ3n) is 5.08. The minimum Gasteiger partial charge on any atom is -0.362 e. The summed E-state index contributed by atoms with van der Waals surface area (Å²) in [5, 5.41) is 6.83. The third kappa shape index (κ3) is 3.60. The molecule has 0 saturated heterocycles. The van der Waals surface area contributed by atoms with Crippen LogP contribution in [0.3, 0.4) is 0 Å². The standard InChI is InChI=1S/C20H23N3O2S/c24-18-15(11-14-9-6-10-21-14)16-12-17(26-20(16)23-18)19(25)22-13-7-4-2-1-3-5-8-13/h6,9-13,21H,1-5,7-8H2,(H,22,25)(H,23,24)/b15-11-. The predicted molar refractivity (Wildman–Crippen MR) is 105 cm³/mol. The fourth-order valence-corrected chi connectivity index (χ4v) is 4.65. The minimum atomic E-state index is -0.118. The van der Waals surface area contributed by atoms with Gasteiger partial charge < -0.3 is 15.6 Å². The Bertz CT molecular complexity index is 827. The zero-order chi connectivity index (χ0) is 17.9. The Hall–Kier alpha value is -2.34. The van der Waals surface area contributed by atoms with Gasteiger partial charge in [-0.15, -0.1) is 11.3 Å². The van der Waals surface area contributed by atoms with Gasteiger partial charge >= 0.3 is 0 Å². The molecule has 6 heteroatoms. The summed E-state index contributed by atoms with van der Waals surface area (Å²) in [6, 6.07) is 5.91. The largest absolute Gasteiger partial charge is 0.362 e. The van der Waals surface area contributed by atoms with Gasteiger partial charge in [0.05, 0.1) is 10.5 Å². The number of hydrogen-bond acceptors (Lipinski definition) is 3. The fraction of sp³-hybridized carbons (Fsp3) is 0.400. The molecule has 2 aromatic rings. The Morgan fingerprint density at radius 2 is 1.96 bits per heavy atom. The van der Waals surface area contributed by atoms with Crippen LogP contribution in [0, 0.1) is 0 Å². The Morgan fingerprint density at radius 1 is 1.19 bits per heavy atom. The van der Waals surface area contributed by atoms with Crippen LogP contribution in [0.4, 0.5) is 5.00 Å². The predicted octanol–water partition coefficient (Wildman–Crippen LogP) is 4.41. The van der Waals surface area contributed by atoms with Gasteiger partial charge in [0.2, 0.25) is 0 Å². The van der Waals surface area contributed by atoms with Gasteiger partial charge in [-0.3, -0.25) is 9.59 Å². The van der Waals surface area contributed by atoms with E-state index in [1.54, 1.807) is 0 Å². The number of H-pyrrole nitrogens is 1. The molecule has 2 aliphatic rings. The van der Waals surface area contributed by atoms with Gasteiger partial charge in [-0.1, -0.05) is 32.1 Å². The fourth-order valence-electron chi connectivity index (χ4n) is 3.68. The molecule has 0 unspecified atom stereocenters. The second kappa shape index (κ2) is 7.50. The highest BCUT2D eigenvalue weighted by Crippen LogP contribution is 2.39. The number of carbonyl (C=O) groups is 2. The van der Waals surface area contributed by atoms with E-state index in [1.165, 1.54) is 43.4 Å². The molecule has 2 aromatic heterocycles. The lowest BCUT2D eigenvalue weighted by molar-refractivity contribution is -0.110. The summed E-state index contributed by atoms with van der Waals surface area (Å²) >= 11 is 1.35. The highest BCUT2D eigenvalue weighted by Gasteiger charge is 2.29. The van der Waals surface area contributed by atoms with Gasteiger partial charge in [0.1, 0.15) is 5.00 Å². The molecule has 3 heterocycles. The smallest absolute Gasteiger partial charge is 0.261 e. The van der Waals surface area contributed by atoms with Gasteiger partial charge in [0.25, 0.3) is 11.8 Å². The van der Waals surface area contributed by atoms with E-state index in [1.807, 2.05) is 30.5 Å². The summed E-state index contributed by atoms with van der Waals surface area (Å²) in [5.41, 5.74) is 2.29. The first-order valence-electron chi connectivity index (χ1n) is 9.32. The monoisotopic (exact) mass is 369 g/mol. The van der Waals surface area contributed by atoms with Gasteiger partial charge in [-0.25, -0.2) is 0 Å². The number of hydrogen-bond donors (Lipinski definition) is 3. The van der Waals surface area contributed by atoms with Crippen molar-refractivity contribution in [2.75, 3.05) is 5.32 Å². The van der Waals surface area contributed by atoms with Crippen molar-refractivity contribution >= 4 is 39.8 Å². The molecule has 0 radical (unpaired) electrons. The van der Waals surface area contributed by atoms with Crippen molar-refractivity contribution < 1.29 is 9.59 Å². The molecule has 0 atom stereocenters. The molecule has 1 saturated carbocycles. The lowest BCUT2D eigenvalue weighted by Crippen LogP contribution is -2.34. The first-order valence-corrected chi connectivity index (χ1v) is 10.1. The molecule has 0 spiro atoms. The molecule has 0 aromatic carbocycles. The zero-order valence-electron chi connectivity index (χ0n) is 14.6. The maximum atomic E-state index is 12.7. The number of nitrogens with one attached hydrogen (secondary N) is 3. The molecule has 4 rings (SSSR count). The minimum absolute atomic E-state index is 0.0246. The number of aromatic amines is 1. The Labute approximate surface area is 156 Å². The summed E-state index contributed by atoms with van der Waals surface area (Å²) < 4.78 is 0. The second-order valence-electron chi connectivity index (χ2n) is 7.01. The van der Waals surface area contributed by atoms with E-state index in [4.69, 9.17) is 0 Å². The highest BCUT2D eigenvalue weighted by atomic mass is 32.1. The molecule has 1 fully saturated rings. The molecule has 1 aliphatic heterocycles. The van der Waals surface area contributed by atoms with Crippen LogP contribution >= 0.6 is 11.3 Å². The first kappa shape index (κ1) is 17.1. The SMILES string of the molecule is O=C1Nc2sc(C(=O)NC3CCCCCCC3)cc2/C1=C/c1ccc[nH]1. The van der Waals surface area contributed by atoms with Crippen LogP contribution in [-0.4, -0.2) is 22.8 Å². The van der Waals surface area contributed by atoms with E-state index in [9.17, 15) is 9.59 Å². The number of fused-ring (bicyclic) bond motifs is 1. The van der Waals surface area contributed by atoms with Crippen molar-refractivity contribution in [3.05, 3.63) is 40.5 Å². The number of carbonyl (C=O) groups excluding carboxylic acids is 2. The van der Waals surface area contributed by atoms with Crippen molar-refractivity contribution in [2.24, 2.45) is 0 Å². The average Bonchev–Trinajstić information content (AvgIpc) is 3.29. The summed E-state index contributed by atoms with van der Waals surface area (Å²) in [4.78, 5) is 28.6. The van der Waals surface area contributed by atoms with E-state index in [-0.39, 0.29) is 17.9 Å². The second-order valence-corrected chi connectivity index (χ2v) is 8.06. The quantitative estimate of drug-likeness (QED) is 0.701. The molecular weight excluding hydrogens is 346 g/mol. The molecule has 1 aliphatic carbocycles. The van der Waals surface area contributed by atoms with Crippen molar-refractivity contribution in [1.82, 2.24) is 10.3 Å². The van der Waals surface area contributed by atoms with E-state index in [2.05, 4.69) is 15.6 Å². The summed E-state index contributed by atoms with van der Waals surface area (Å²) in [6.07, 6.45) is 12.0. The van der Waals surface area contributed by atoms with E-state index in [0.29, 0.717) is 10.5 Å². The lowest BCUT2D eigenvalue weighted by atomic mass is 9.96. The maximum Gasteiger partial charge on any atom is 0.261 e. The van der Waals surface area contributed by atoms with E-state index in [0.717, 1.165) is 29.1 Å². The molecule has 5 nitrogen and oxygen atoms in total. The Kier molecular flexibility index (Phi) is 4.93. The van der Waals surface area contributed by atoms with Crippen LogP contribution in [0.2, 0.25) is 0 Å². The van der Waals surface area contributed by atoms with Crippen molar-refractivity contribution in [3.63, 3.8) is 0 Å². The molecule has 3 N–H and O–H groups in total. The Balaban J connectivity index is 1.50. The normalized spacial score (nSPS) is 19.7.